The number of nitro groups is 1. The maximum atomic E-state index is 11.9. The number of carbonyl (C=O) groups excluding carboxylic acids is 1. The fourth-order valence-electron chi connectivity index (χ4n) is 1.73. The molecule has 0 saturated heterocycles. The lowest BCUT2D eigenvalue weighted by Gasteiger charge is -2.05. The normalized spacial score (nSPS) is 10.6. The number of halogens is 2. The SMILES string of the molecule is O=C(/C=C/c1ccccc1[N+](=O)[O-])Nc1ccc(Br)cc1Br. The molecule has 1 N–H and O–H groups in total. The van der Waals surface area contributed by atoms with Crippen molar-refractivity contribution in [3.8, 4) is 0 Å². The number of nitrogens with one attached hydrogen (secondary N) is 1. The summed E-state index contributed by atoms with van der Waals surface area (Å²) in [5.41, 5.74) is 0.939. The number of amides is 1. The molecular formula is C15H10Br2N2O3. The number of rotatable bonds is 4. The quantitative estimate of drug-likeness (QED) is 0.435. The van der Waals surface area contributed by atoms with Crippen LogP contribution in [0.1, 0.15) is 5.56 Å². The molecule has 0 saturated carbocycles. The minimum atomic E-state index is -0.483. The van der Waals surface area contributed by atoms with Crippen molar-refractivity contribution >= 4 is 55.2 Å². The van der Waals surface area contributed by atoms with Gasteiger partial charge in [0.25, 0.3) is 5.69 Å². The first-order valence-electron chi connectivity index (χ1n) is 6.15. The van der Waals surface area contributed by atoms with Gasteiger partial charge in [-0.3, -0.25) is 14.9 Å². The minimum absolute atomic E-state index is 0.0450. The van der Waals surface area contributed by atoms with E-state index in [2.05, 4.69) is 37.2 Å². The summed E-state index contributed by atoms with van der Waals surface area (Å²) in [5, 5.41) is 13.6. The van der Waals surface area contributed by atoms with Gasteiger partial charge in [-0.15, -0.1) is 0 Å². The van der Waals surface area contributed by atoms with Crippen molar-refractivity contribution in [1.29, 1.82) is 0 Å². The van der Waals surface area contributed by atoms with Gasteiger partial charge >= 0.3 is 0 Å². The molecule has 1 amide bonds. The molecule has 2 aromatic carbocycles. The van der Waals surface area contributed by atoms with Crippen LogP contribution < -0.4 is 5.32 Å². The van der Waals surface area contributed by atoms with Gasteiger partial charge < -0.3 is 5.32 Å². The van der Waals surface area contributed by atoms with E-state index in [-0.39, 0.29) is 11.6 Å². The second-order valence-electron chi connectivity index (χ2n) is 4.26. The van der Waals surface area contributed by atoms with E-state index in [0.717, 1.165) is 8.95 Å². The van der Waals surface area contributed by atoms with Crippen LogP contribution in [0.5, 0.6) is 0 Å². The molecule has 0 unspecified atom stereocenters. The maximum absolute atomic E-state index is 11.9. The second kappa shape index (κ2) is 7.33. The first kappa shape index (κ1) is 16.4. The van der Waals surface area contributed by atoms with E-state index in [1.54, 1.807) is 36.4 Å². The Morgan fingerprint density at radius 1 is 1.18 bits per heavy atom. The second-order valence-corrected chi connectivity index (χ2v) is 6.03. The van der Waals surface area contributed by atoms with E-state index >= 15 is 0 Å². The van der Waals surface area contributed by atoms with E-state index < -0.39 is 4.92 Å². The van der Waals surface area contributed by atoms with Gasteiger partial charge in [-0.1, -0.05) is 28.1 Å². The Bertz CT molecular complexity index is 760. The number of benzene rings is 2. The standard InChI is InChI=1S/C15H10Br2N2O3/c16-11-6-7-13(12(17)9-11)18-15(20)8-5-10-3-1-2-4-14(10)19(21)22/h1-9H,(H,18,20)/b8-5+. The van der Waals surface area contributed by atoms with Crippen molar-refractivity contribution in [2.24, 2.45) is 0 Å². The van der Waals surface area contributed by atoms with Crippen LogP contribution in [0, 0.1) is 10.1 Å². The zero-order valence-electron chi connectivity index (χ0n) is 11.1. The third kappa shape index (κ3) is 4.25. The predicted molar refractivity (Wildman–Crippen MR) is 92.6 cm³/mol. The van der Waals surface area contributed by atoms with Gasteiger partial charge in [0, 0.05) is 21.1 Å². The van der Waals surface area contributed by atoms with E-state index in [1.165, 1.54) is 18.2 Å². The van der Waals surface area contributed by atoms with Gasteiger partial charge in [0.15, 0.2) is 0 Å². The summed E-state index contributed by atoms with van der Waals surface area (Å²) in [7, 11) is 0. The van der Waals surface area contributed by atoms with Gasteiger partial charge in [-0.05, 0) is 46.3 Å². The smallest absolute Gasteiger partial charge is 0.276 e. The lowest BCUT2D eigenvalue weighted by Crippen LogP contribution is -2.08. The maximum Gasteiger partial charge on any atom is 0.276 e. The molecule has 112 valence electrons. The molecule has 7 heteroatoms. The predicted octanol–water partition coefficient (Wildman–Crippen LogP) is 4.77. The van der Waals surface area contributed by atoms with Crippen LogP contribution in [0.25, 0.3) is 6.08 Å². The topological polar surface area (TPSA) is 72.2 Å². The highest BCUT2D eigenvalue weighted by Gasteiger charge is 2.10. The number of nitrogens with zero attached hydrogens (tertiary/aromatic N) is 1. The summed E-state index contributed by atoms with van der Waals surface area (Å²) in [5.74, 6) is -0.374. The van der Waals surface area contributed by atoms with Crippen LogP contribution >= 0.6 is 31.9 Å². The molecule has 0 aliphatic heterocycles. The van der Waals surface area contributed by atoms with Crippen LogP contribution in [0.2, 0.25) is 0 Å². The van der Waals surface area contributed by atoms with Crippen LogP contribution in [0.4, 0.5) is 11.4 Å². The van der Waals surface area contributed by atoms with Crippen LogP contribution in [0.15, 0.2) is 57.5 Å². The third-order valence-corrected chi connectivity index (χ3v) is 3.89. The Morgan fingerprint density at radius 3 is 2.59 bits per heavy atom. The molecule has 5 nitrogen and oxygen atoms in total. The summed E-state index contributed by atoms with van der Waals surface area (Å²) < 4.78 is 1.61. The molecule has 0 atom stereocenters. The van der Waals surface area contributed by atoms with Crippen LogP contribution in [-0.2, 0) is 4.79 Å². The Morgan fingerprint density at radius 2 is 1.91 bits per heavy atom. The molecule has 0 aliphatic rings. The molecule has 0 aliphatic carbocycles. The van der Waals surface area contributed by atoms with E-state index in [9.17, 15) is 14.9 Å². The van der Waals surface area contributed by atoms with Gasteiger partial charge in [-0.25, -0.2) is 0 Å². The van der Waals surface area contributed by atoms with E-state index in [4.69, 9.17) is 0 Å². The third-order valence-electron chi connectivity index (χ3n) is 2.74. The average Bonchev–Trinajstić information content (AvgIpc) is 2.48. The van der Waals surface area contributed by atoms with Gasteiger partial charge in [-0.2, -0.15) is 0 Å². The highest BCUT2D eigenvalue weighted by molar-refractivity contribution is 9.11. The van der Waals surface area contributed by atoms with Gasteiger partial charge in [0.2, 0.25) is 5.91 Å². The van der Waals surface area contributed by atoms with E-state index in [0.29, 0.717) is 11.3 Å². The molecule has 0 spiro atoms. The van der Waals surface area contributed by atoms with Crippen molar-refractivity contribution in [2.75, 3.05) is 5.32 Å². The monoisotopic (exact) mass is 424 g/mol. The minimum Gasteiger partial charge on any atom is -0.321 e. The van der Waals surface area contributed by atoms with Crippen LogP contribution in [-0.4, -0.2) is 10.8 Å². The molecule has 0 heterocycles. The van der Waals surface area contributed by atoms with Crippen molar-refractivity contribution in [3.63, 3.8) is 0 Å². The fourth-order valence-corrected chi connectivity index (χ4v) is 2.87. The molecule has 0 aromatic heterocycles. The van der Waals surface area contributed by atoms with E-state index in [1.807, 2.05) is 0 Å². The highest BCUT2D eigenvalue weighted by atomic mass is 79.9. The Kier molecular flexibility index (Phi) is 5.46. The number of hydrogen-bond acceptors (Lipinski definition) is 3. The van der Waals surface area contributed by atoms with Crippen molar-refractivity contribution in [1.82, 2.24) is 0 Å². The Balaban J connectivity index is 2.14. The van der Waals surface area contributed by atoms with Gasteiger partial charge in [0.1, 0.15) is 0 Å². The molecule has 22 heavy (non-hydrogen) atoms. The summed E-state index contributed by atoms with van der Waals surface area (Å²) in [6.07, 6.45) is 2.68. The Labute approximate surface area is 143 Å². The fraction of sp³-hybridized carbons (Fsp3) is 0. The largest absolute Gasteiger partial charge is 0.321 e. The average molecular weight is 426 g/mol. The number of nitro benzene ring substituents is 1. The summed E-state index contributed by atoms with van der Waals surface area (Å²) in [6, 6.07) is 11.6. The molecule has 2 rings (SSSR count). The molecule has 0 bridgehead atoms. The summed E-state index contributed by atoms with van der Waals surface area (Å²) >= 11 is 6.67. The number of para-hydroxylation sites is 1. The lowest BCUT2D eigenvalue weighted by atomic mass is 10.1. The highest BCUT2D eigenvalue weighted by Crippen LogP contribution is 2.26. The van der Waals surface area contributed by atoms with Crippen molar-refractivity contribution < 1.29 is 9.72 Å². The van der Waals surface area contributed by atoms with Crippen LogP contribution in [0.3, 0.4) is 0 Å². The number of anilines is 1. The molecular weight excluding hydrogens is 416 g/mol. The molecule has 0 radical (unpaired) electrons. The van der Waals surface area contributed by atoms with Crippen molar-refractivity contribution in [2.45, 2.75) is 0 Å². The number of hydrogen-bond donors (Lipinski definition) is 1. The Hall–Kier alpha value is -1.99. The lowest BCUT2D eigenvalue weighted by molar-refractivity contribution is -0.385. The molecule has 2 aromatic rings. The molecule has 0 fully saturated rings. The zero-order valence-corrected chi connectivity index (χ0v) is 14.3. The number of carbonyl (C=O) groups is 1. The van der Waals surface area contributed by atoms with Crippen molar-refractivity contribution in [3.05, 3.63) is 73.2 Å². The van der Waals surface area contributed by atoms with Gasteiger partial charge in [0.05, 0.1) is 16.2 Å². The first-order valence-corrected chi connectivity index (χ1v) is 7.73. The summed E-state index contributed by atoms with van der Waals surface area (Å²) in [6.45, 7) is 0. The summed E-state index contributed by atoms with van der Waals surface area (Å²) in [4.78, 5) is 22.3. The first-order chi connectivity index (χ1) is 10.5. The zero-order chi connectivity index (χ0) is 16.1.